The molecule has 0 aliphatic rings. The number of carbonyl (C=O) groups is 1. The minimum absolute atomic E-state index is 0.0315. The van der Waals surface area contributed by atoms with Gasteiger partial charge < -0.3 is 10.1 Å². The van der Waals surface area contributed by atoms with Gasteiger partial charge in [0.1, 0.15) is 5.75 Å². The van der Waals surface area contributed by atoms with Gasteiger partial charge in [-0.05, 0) is 42.2 Å². The number of nitrogens with zero attached hydrogens (tertiary/aromatic N) is 2. The Morgan fingerprint density at radius 2 is 1.89 bits per heavy atom. The number of aromatic nitrogens is 2. The van der Waals surface area contributed by atoms with Crippen molar-refractivity contribution in [1.82, 2.24) is 15.1 Å². The second kappa shape index (κ2) is 8.30. The van der Waals surface area contributed by atoms with Crippen molar-refractivity contribution in [2.75, 3.05) is 0 Å². The fourth-order valence-electron chi connectivity index (χ4n) is 2.80. The molecule has 1 amide bonds. The highest BCUT2D eigenvalue weighted by Crippen LogP contribution is 2.26. The number of nitrogens with one attached hydrogen (secondary N) is 1. The number of hydrogen-bond acceptors (Lipinski definition) is 3. The SMILES string of the molecule is CC(Oc1cccc(C(C)(C)C)c1)C(=O)NCc1cnn(-c2ccccc2)c1. The van der Waals surface area contributed by atoms with Crippen molar-refractivity contribution in [2.24, 2.45) is 0 Å². The average molecular weight is 377 g/mol. The number of para-hydroxylation sites is 1. The van der Waals surface area contributed by atoms with E-state index < -0.39 is 6.10 Å². The second-order valence-electron chi connectivity index (χ2n) is 7.88. The highest BCUT2D eigenvalue weighted by Gasteiger charge is 2.17. The number of benzene rings is 2. The van der Waals surface area contributed by atoms with Crippen LogP contribution in [-0.2, 0) is 16.8 Å². The van der Waals surface area contributed by atoms with Crippen molar-refractivity contribution >= 4 is 5.91 Å². The monoisotopic (exact) mass is 377 g/mol. The van der Waals surface area contributed by atoms with Gasteiger partial charge in [-0.3, -0.25) is 4.79 Å². The molecule has 1 unspecified atom stereocenters. The van der Waals surface area contributed by atoms with Gasteiger partial charge in [0, 0.05) is 18.3 Å². The first-order chi connectivity index (χ1) is 13.3. The van der Waals surface area contributed by atoms with Gasteiger partial charge in [-0.1, -0.05) is 51.1 Å². The predicted octanol–water partition coefficient (Wildman–Crippen LogP) is 4.25. The van der Waals surface area contributed by atoms with E-state index in [9.17, 15) is 4.79 Å². The quantitative estimate of drug-likeness (QED) is 0.698. The van der Waals surface area contributed by atoms with Crippen LogP contribution in [0.3, 0.4) is 0 Å². The van der Waals surface area contributed by atoms with Gasteiger partial charge in [0.15, 0.2) is 6.10 Å². The molecule has 1 N–H and O–H groups in total. The van der Waals surface area contributed by atoms with Crippen LogP contribution < -0.4 is 10.1 Å². The Labute approximate surface area is 166 Å². The summed E-state index contributed by atoms with van der Waals surface area (Å²) in [7, 11) is 0. The number of amides is 1. The minimum atomic E-state index is -0.584. The lowest BCUT2D eigenvalue weighted by Crippen LogP contribution is -2.35. The molecule has 1 heterocycles. The van der Waals surface area contributed by atoms with Gasteiger partial charge in [0.25, 0.3) is 5.91 Å². The lowest BCUT2D eigenvalue weighted by Gasteiger charge is -2.21. The van der Waals surface area contributed by atoms with Gasteiger partial charge in [-0.15, -0.1) is 0 Å². The summed E-state index contributed by atoms with van der Waals surface area (Å²) >= 11 is 0. The lowest BCUT2D eigenvalue weighted by molar-refractivity contribution is -0.127. The molecule has 0 saturated heterocycles. The van der Waals surface area contributed by atoms with E-state index in [1.54, 1.807) is 17.8 Å². The van der Waals surface area contributed by atoms with E-state index >= 15 is 0 Å². The molecule has 0 bridgehead atoms. The van der Waals surface area contributed by atoms with Crippen molar-refractivity contribution in [1.29, 1.82) is 0 Å². The third-order valence-electron chi connectivity index (χ3n) is 4.51. The first-order valence-electron chi connectivity index (χ1n) is 9.47. The normalized spacial score (nSPS) is 12.4. The van der Waals surface area contributed by atoms with Crippen molar-refractivity contribution in [3.63, 3.8) is 0 Å². The van der Waals surface area contributed by atoms with Gasteiger partial charge >= 0.3 is 0 Å². The molecule has 3 aromatic rings. The summed E-state index contributed by atoms with van der Waals surface area (Å²) in [6.45, 7) is 8.61. The van der Waals surface area contributed by atoms with E-state index in [2.05, 4.69) is 37.3 Å². The van der Waals surface area contributed by atoms with Gasteiger partial charge in [0.05, 0.1) is 11.9 Å². The van der Waals surface area contributed by atoms with E-state index in [4.69, 9.17) is 4.74 Å². The zero-order valence-corrected chi connectivity index (χ0v) is 16.8. The van der Waals surface area contributed by atoms with Crippen LogP contribution in [0.2, 0.25) is 0 Å². The van der Waals surface area contributed by atoms with Gasteiger partial charge in [-0.2, -0.15) is 5.10 Å². The largest absolute Gasteiger partial charge is 0.481 e. The Morgan fingerprint density at radius 3 is 2.61 bits per heavy atom. The molecule has 5 nitrogen and oxygen atoms in total. The summed E-state index contributed by atoms with van der Waals surface area (Å²) in [5.74, 6) is 0.542. The van der Waals surface area contributed by atoms with Crippen molar-refractivity contribution in [3.05, 3.63) is 78.1 Å². The molecule has 5 heteroatoms. The van der Waals surface area contributed by atoms with Crippen molar-refractivity contribution in [3.8, 4) is 11.4 Å². The maximum Gasteiger partial charge on any atom is 0.261 e. The molecular formula is C23H27N3O2. The Bertz CT molecular complexity index is 926. The third-order valence-corrected chi connectivity index (χ3v) is 4.51. The van der Waals surface area contributed by atoms with Gasteiger partial charge in [0.2, 0.25) is 0 Å². The Balaban J connectivity index is 1.56. The van der Waals surface area contributed by atoms with E-state index in [-0.39, 0.29) is 11.3 Å². The molecule has 3 rings (SSSR count). The van der Waals surface area contributed by atoms with E-state index in [1.807, 2.05) is 54.7 Å². The van der Waals surface area contributed by atoms with Crippen LogP contribution in [0.15, 0.2) is 67.0 Å². The molecule has 1 atom stereocenters. The molecule has 1 aromatic heterocycles. The molecular weight excluding hydrogens is 350 g/mol. The van der Waals surface area contributed by atoms with Crippen LogP contribution in [0.5, 0.6) is 5.75 Å². The summed E-state index contributed by atoms with van der Waals surface area (Å²) in [4.78, 5) is 12.4. The highest BCUT2D eigenvalue weighted by molar-refractivity contribution is 5.80. The van der Waals surface area contributed by atoms with Crippen LogP contribution in [0.1, 0.15) is 38.8 Å². The molecule has 0 radical (unpaired) electrons. The summed E-state index contributed by atoms with van der Waals surface area (Å²) in [5, 5.41) is 7.26. The molecule has 2 aromatic carbocycles. The molecule has 0 spiro atoms. The summed E-state index contributed by atoms with van der Waals surface area (Å²) < 4.78 is 7.63. The van der Waals surface area contributed by atoms with E-state index in [1.165, 1.54) is 5.56 Å². The lowest BCUT2D eigenvalue weighted by atomic mass is 9.87. The molecule has 0 aliphatic carbocycles. The second-order valence-corrected chi connectivity index (χ2v) is 7.88. The van der Waals surface area contributed by atoms with Crippen LogP contribution in [-0.4, -0.2) is 21.8 Å². The zero-order valence-electron chi connectivity index (χ0n) is 16.8. The number of carbonyl (C=O) groups excluding carboxylic acids is 1. The number of hydrogen-bond donors (Lipinski definition) is 1. The smallest absolute Gasteiger partial charge is 0.261 e. The number of ether oxygens (including phenoxy) is 1. The zero-order chi connectivity index (χ0) is 20.1. The maximum absolute atomic E-state index is 12.4. The van der Waals surface area contributed by atoms with E-state index in [0.717, 1.165) is 11.3 Å². The van der Waals surface area contributed by atoms with Crippen LogP contribution in [0, 0.1) is 0 Å². The Hall–Kier alpha value is -3.08. The Morgan fingerprint density at radius 1 is 1.14 bits per heavy atom. The number of rotatable bonds is 6. The highest BCUT2D eigenvalue weighted by atomic mass is 16.5. The first-order valence-corrected chi connectivity index (χ1v) is 9.47. The van der Waals surface area contributed by atoms with E-state index in [0.29, 0.717) is 12.3 Å². The van der Waals surface area contributed by atoms with Crippen LogP contribution >= 0.6 is 0 Å². The first kappa shape index (κ1) is 19.7. The predicted molar refractivity (Wildman–Crippen MR) is 111 cm³/mol. The molecule has 0 fully saturated rings. The third kappa shape index (κ3) is 5.00. The summed E-state index contributed by atoms with van der Waals surface area (Å²) in [5.41, 5.74) is 3.12. The molecule has 0 saturated carbocycles. The van der Waals surface area contributed by atoms with Crippen LogP contribution in [0.25, 0.3) is 5.69 Å². The van der Waals surface area contributed by atoms with Gasteiger partial charge in [-0.25, -0.2) is 4.68 Å². The topological polar surface area (TPSA) is 56.1 Å². The molecule has 28 heavy (non-hydrogen) atoms. The summed E-state index contributed by atoms with van der Waals surface area (Å²) in [6.07, 6.45) is 3.08. The minimum Gasteiger partial charge on any atom is -0.481 e. The molecule has 146 valence electrons. The van der Waals surface area contributed by atoms with Crippen LogP contribution in [0.4, 0.5) is 0 Å². The van der Waals surface area contributed by atoms with Crippen molar-refractivity contribution < 1.29 is 9.53 Å². The van der Waals surface area contributed by atoms with Crippen molar-refractivity contribution in [2.45, 2.75) is 45.8 Å². The average Bonchev–Trinajstić information content (AvgIpc) is 3.15. The maximum atomic E-state index is 12.4. The Kier molecular flexibility index (Phi) is 5.83. The fraction of sp³-hybridized carbons (Fsp3) is 0.304. The molecule has 0 aliphatic heterocycles. The fourth-order valence-corrected chi connectivity index (χ4v) is 2.80. The standard InChI is InChI=1S/C23H27N3O2/c1-17(28-21-12-8-9-19(13-21)23(2,3)4)22(27)24-14-18-15-25-26(16-18)20-10-6-5-7-11-20/h5-13,15-17H,14H2,1-4H3,(H,24,27). The summed E-state index contributed by atoms with van der Waals surface area (Å²) in [6, 6.07) is 17.8.